The van der Waals surface area contributed by atoms with Crippen LogP contribution in [0.25, 0.3) is 0 Å². The molecule has 2 heteroatoms. The lowest BCUT2D eigenvalue weighted by Gasteiger charge is -2.31. The Labute approximate surface area is 87.3 Å². The number of nitrogens with zero attached hydrogens (tertiary/aromatic N) is 1. The molecule has 2 nitrogen and oxygen atoms in total. The molecular formula is C12H21NO. The summed E-state index contributed by atoms with van der Waals surface area (Å²) in [6.07, 6.45) is 5.16. The van der Waals surface area contributed by atoms with Gasteiger partial charge >= 0.3 is 0 Å². The molecule has 80 valence electrons. The zero-order valence-corrected chi connectivity index (χ0v) is 9.60. The van der Waals surface area contributed by atoms with E-state index < -0.39 is 0 Å². The average molecular weight is 195 g/mol. The van der Waals surface area contributed by atoms with Gasteiger partial charge in [-0.25, -0.2) is 0 Å². The highest BCUT2D eigenvalue weighted by atomic mass is 16.1. The minimum Gasteiger partial charge on any atom is -0.299 e. The van der Waals surface area contributed by atoms with Crippen LogP contribution in [0.15, 0.2) is 0 Å². The molecule has 1 rings (SSSR count). The van der Waals surface area contributed by atoms with Crippen LogP contribution in [0.1, 0.15) is 59.3 Å². The van der Waals surface area contributed by atoms with Crippen LogP contribution in [0, 0.1) is 16.7 Å². The Morgan fingerprint density at radius 1 is 1.43 bits per heavy atom. The Morgan fingerprint density at radius 2 is 2.07 bits per heavy atom. The second-order valence-corrected chi connectivity index (χ2v) is 3.85. The Balaban J connectivity index is 0.000000791. The van der Waals surface area contributed by atoms with E-state index in [1.807, 2.05) is 20.8 Å². The standard InChI is InChI=1S/C10H15NO.C2H6/c1-10(7-4-8-11)6-3-2-5-9(10)12;1-2/h2-7H2,1H3;1-2H3. The fraction of sp³-hybridized carbons (Fsp3) is 0.833. The van der Waals surface area contributed by atoms with E-state index in [2.05, 4.69) is 6.07 Å². The van der Waals surface area contributed by atoms with Crippen molar-refractivity contribution >= 4 is 5.78 Å². The Hall–Kier alpha value is -0.840. The molecule has 0 radical (unpaired) electrons. The molecule has 0 heterocycles. The Bertz CT molecular complexity index is 217. The van der Waals surface area contributed by atoms with Gasteiger partial charge in [0, 0.05) is 18.3 Å². The van der Waals surface area contributed by atoms with E-state index in [0.29, 0.717) is 12.2 Å². The van der Waals surface area contributed by atoms with Crippen LogP contribution in [0.3, 0.4) is 0 Å². The first-order valence-corrected chi connectivity index (χ1v) is 5.59. The highest BCUT2D eigenvalue weighted by Gasteiger charge is 2.34. The van der Waals surface area contributed by atoms with E-state index in [4.69, 9.17) is 5.26 Å². The van der Waals surface area contributed by atoms with Gasteiger partial charge in [-0.3, -0.25) is 4.79 Å². The van der Waals surface area contributed by atoms with E-state index in [9.17, 15) is 4.79 Å². The van der Waals surface area contributed by atoms with Gasteiger partial charge in [0.15, 0.2) is 0 Å². The molecule has 1 aliphatic carbocycles. The largest absolute Gasteiger partial charge is 0.299 e. The molecule has 1 saturated carbocycles. The summed E-state index contributed by atoms with van der Waals surface area (Å²) in [4.78, 5) is 11.5. The van der Waals surface area contributed by atoms with Gasteiger partial charge in [-0.1, -0.05) is 27.2 Å². The van der Waals surface area contributed by atoms with Crippen LogP contribution < -0.4 is 0 Å². The van der Waals surface area contributed by atoms with Gasteiger partial charge in [-0.15, -0.1) is 0 Å². The highest BCUT2D eigenvalue weighted by Crippen LogP contribution is 2.36. The molecule has 0 spiro atoms. The van der Waals surface area contributed by atoms with Crippen LogP contribution in [0.2, 0.25) is 0 Å². The third-order valence-corrected chi connectivity index (χ3v) is 2.84. The first-order valence-electron chi connectivity index (χ1n) is 5.59. The molecule has 0 N–H and O–H groups in total. The average Bonchev–Trinajstić information content (AvgIpc) is 2.23. The van der Waals surface area contributed by atoms with Crippen molar-refractivity contribution < 1.29 is 4.79 Å². The lowest BCUT2D eigenvalue weighted by molar-refractivity contribution is -0.130. The molecule has 1 fully saturated rings. The molecule has 0 bridgehead atoms. The fourth-order valence-corrected chi connectivity index (χ4v) is 1.84. The monoisotopic (exact) mass is 195 g/mol. The lowest BCUT2D eigenvalue weighted by atomic mass is 9.72. The van der Waals surface area contributed by atoms with Crippen molar-refractivity contribution in [3.63, 3.8) is 0 Å². The third kappa shape index (κ3) is 3.49. The van der Waals surface area contributed by atoms with Crippen molar-refractivity contribution in [1.29, 1.82) is 5.26 Å². The lowest BCUT2D eigenvalue weighted by Crippen LogP contribution is -2.30. The number of hydrogen-bond acceptors (Lipinski definition) is 2. The molecule has 0 aromatic carbocycles. The van der Waals surface area contributed by atoms with Gasteiger partial charge < -0.3 is 0 Å². The minimum absolute atomic E-state index is 0.173. The number of Topliss-reactive ketones (excluding diaryl/α,β-unsaturated/α-hetero) is 1. The molecule has 0 aliphatic heterocycles. The van der Waals surface area contributed by atoms with Crippen molar-refractivity contribution in [2.45, 2.75) is 59.3 Å². The van der Waals surface area contributed by atoms with Crippen LogP contribution in [0.4, 0.5) is 0 Å². The maximum Gasteiger partial charge on any atom is 0.138 e. The van der Waals surface area contributed by atoms with Gasteiger partial charge in [-0.05, 0) is 19.3 Å². The van der Waals surface area contributed by atoms with Crippen molar-refractivity contribution in [1.82, 2.24) is 0 Å². The molecule has 0 aromatic rings. The fourth-order valence-electron chi connectivity index (χ4n) is 1.84. The minimum atomic E-state index is -0.173. The SMILES string of the molecule is CC.CC1(CCC#N)CCCCC1=O. The van der Waals surface area contributed by atoms with Crippen molar-refractivity contribution in [3.05, 3.63) is 0 Å². The van der Waals surface area contributed by atoms with Crippen LogP contribution in [-0.2, 0) is 4.79 Å². The topological polar surface area (TPSA) is 40.9 Å². The van der Waals surface area contributed by atoms with Gasteiger partial charge in [0.2, 0.25) is 0 Å². The summed E-state index contributed by atoms with van der Waals surface area (Å²) in [5.74, 6) is 0.365. The summed E-state index contributed by atoms with van der Waals surface area (Å²) in [6, 6.07) is 2.11. The molecule has 1 atom stereocenters. The second-order valence-electron chi connectivity index (χ2n) is 3.85. The number of hydrogen-bond donors (Lipinski definition) is 0. The number of carbonyl (C=O) groups is 1. The number of rotatable bonds is 2. The highest BCUT2D eigenvalue weighted by molar-refractivity contribution is 5.85. The molecule has 0 aromatic heterocycles. The summed E-state index contributed by atoms with van der Waals surface area (Å²) in [5.41, 5.74) is -0.173. The summed E-state index contributed by atoms with van der Waals surface area (Å²) >= 11 is 0. The van der Waals surface area contributed by atoms with Crippen molar-refractivity contribution in [2.75, 3.05) is 0 Å². The summed E-state index contributed by atoms with van der Waals surface area (Å²) in [5, 5.41) is 8.44. The third-order valence-electron chi connectivity index (χ3n) is 2.84. The van der Waals surface area contributed by atoms with Crippen LogP contribution in [-0.4, -0.2) is 5.78 Å². The maximum atomic E-state index is 11.5. The van der Waals surface area contributed by atoms with Crippen LogP contribution >= 0.6 is 0 Å². The normalized spacial score (nSPS) is 26.0. The summed E-state index contributed by atoms with van der Waals surface area (Å²) < 4.78 is 0. The Kier molecular flexibility index (Phi) is 6.19. The number of carbonyl (C=O) groups excluding carboxylic acids is 1. The molecule has 0 saturated heterocycles. The molecule has 1 aliphatic rings. The summed E-state index contributed by atoms with van der Waals surface area (Å²) in [7, 11) is 0. The van der Waals surface area contributed by atoms with E-state index in [-0.39, 0.29) is 5.41 Å². The zero-order valence-electron chi connectivity index (χ0n) is 9.60. The first-order chi connectivity index (χ1) is 6.69. The maximum absolute atomic E-state index is 11.5. The van der Waals surface area contributed by atoms with E-state index in [1.165, 1.54) is 0 Å². The predicted octanol–water partition coefficient (Wildman–Crippen LogP) is 3.47. The van der Waals surface area contributed by atoms with Crippen molar-refractivity contribution in [3.8, 4) is 6.07 Å². The molecule has 0 amide bonds. The molecule has 1 unspecified atom stereocenters. The van der Waals surface area contributed by atoms with E-state index >= 15 is 0 Å². The van der Waals surface area contributed by atoms with Crippen molar-refractivity contribution in [2.24, 2.45) is 5.41 Å². The second kappa shape index (κ2) is 6.59. The zero-order chi connectivity index (χ0) is 11.0. The number of nitriles is 1. The predicted molar refractivity (Wildman–Crippen MR) is 57.8 cm³/mol. The molecule has 14 heavy (non-hydrogen) atoms. The number of ketones is 1. The quantitative estimate of drug-likeness (QED) is 0.677. The van der Waals surface area contributed by atoms with Gasteiger partial charge in [-0.2, -0.15) is 5.26 Å². The van der Waals surface area contributed by atoms with Crippen LogP contribution in [0.5, 0.6) is 0 Å². The molecular weight excluding hydrogens is 174 g/mol. The Morgan fingerprint density at radius 3 is 2.57 bits per heavy atom. The van der Waals surface area contributed by atoms with Gasteiger partial charge in [0.1, 0.15) is 5.78 Å². The van der Waals surface area contributed by atoms with E-state index in [1.54, 1.807) is 0 Å². The smallest absolute Gasteiger partial charge is 0.138 e. The van der Waals surface area contributed by atoms with E-state index in [0.717, 1.165) is 32.1 Å². The van der Waals surface area contributed by atoms with Gasteiger partial charge in [0.25, 0.3) is 0 Å². The van der Waals surface area contributed by atoms with Gasteiger partial charge in [0.05, 0.1) is 6.07 Å². The first kappa shape index (κ1) is 13.2. The summed E-state index contributed by atoms with van der Waals surface area (Å²) in [6.45, 7) is 6.01.